The van der Waals surface area contributed by atoms with E-state index in [0.29, 0.717) is 35.7 Å². The Morgan fingerprint density at radius 2 is 2.03 bits per heavy atom. The second kappa shape index (κ2) is 9.15. The number of aromatic amines is 1. The molecule has 0 spiro atoms. The zero-order chi connectivity index (χ0) is 22.5. The molecule has 0 radical (unpaired) electrons. The molecular weight excluding hydrogens is 402 g/mol. The van der Waals surface area contributed by atoms with Crippen LogP contribution in [0.4, 0.5) is 11.4 Å². The van der Waals surface area contributed by atoms with Crippen LogP contribution in [-0.4, -0.2) is 51.5 Å². The molecule has 1 aliphatic rings. The fourth-order valence-corrected chi connectivity index (χ4v) is 3.09. The van der Waals surface area contributed by atoms with Gasteiger partial charge in [0.05, 0.1) is 23.0 Å². The van der Waals surface area contributed by atoms with Gasteiger partial charge in [-0.3, -0.25) is 24.8 Å². The summed E-state index contributed by atoms with van der Waals surface area (Å²) in [6, 6.07) is 2.53. The highest BCUT2D eigenvalue weighted by Gasteiger charge is 2.23. The van der Waals surface area contributed by atoms with Crippen molar-refractivity contribution in [3.8, 4) is 0 Å². The highest BCUT2D eigenvalue weighted by atomic mass is 16.2. The van der Waals surface area contributed by atoms with Crippen LogP contribution >= 0.6 is 0 Å². The number of nitrogens with zero attached hydrogens (tertiary/aromatic N) is 2. The monoisotopic (exact) mass is 427 g/mol. The van der Waals surface area contributed by atoms with Gasteiger partial charge in [-0.25, -0.2) is 0 Å². The predicted molar refractivity (Wildman–Crippen MR) is 116 cm³/mol. The molecule has 3 heterocycles. The summed E-state index contributed by atoms with van der Waals surface area (Å²) in [5, 5.41) is 15.2. The number of rotatable bonds is 8. The number of hydrogen-bond acceptors (Lipinski definition) is 6. The van der Waals surface area contributed by atoms with E-state index < -0.39 is 11.9 Å². The molecule has 0 saturated heterocycles. The highest BCUT2D eigenvalue weighted by Crippen LogP contribution is 2.17. The smallest absolute Gasteiger partial charge is 0.272 e. The van der Waals surface area contributed by atoms with Gasteiger partial charge in [-0.05, 0) is 18.6 Å². The van der Waals surface area contributed by atoms with Crippen molar-refractivity contribution in [2.24, 2.45) is 23.5 Å². The number of amidine groups is 2. The quantitative estimate of drug-likeness (QED) is 0.231. The van der Waals surface area contributed by atoms with Gasteiger partial charge in [0.15, 0.2) is 0 Å². The van der Waals surface area contributed by atoms with E-state index in [2.05, 4.69) is 25.9 Å². The molecular formula is C19H25N9O3. The standard InChI is InChI=1S/C19H25N9O3/c1-28-9-11(7-14(28)19(31)23-5-4-15(20)21)26-18(30)13-6-10(8-24-13)25-17(29)12-2-3-16(22)27-12/h6-9,12,24H,2-5H2,1H3,(H3,20,21)(H2,22,27)(H,23,31)(H,25,29)(H,26,30)/t12-/m0/s1. The van der Waals surface area contributed by atoms with E-state index in [0.717, 1.165) is 0 Å². The molecule has 12 heteroatoms. The number of aryl methyl sites for hydroxylation is 1. The Kier molecular flexibility index (Phi) is 6.38. The van der Waals surface area contributed by atoms with E-state index in [4.69, 9.17) is 16.9 Å². The Morgan fingerprint density at radius 1 is 1.26 bits per heavy atom. The largest absolute Gasteiger partial charge is 0.388 e. The number of anilines is 2. The fourth-order valence-electron chi connectivity index (χ4n) is 3.09. The molecule has 0 bridgehead atoms. The number of carbonyl (C=O) groups excluding carboxylic acids is 3. The van der Waals surface area contributed by atoms with Crippen LogP contribution in [-0.2, 0) is 11.8 Å². The van der Waals surface area contributed by atoms with Crippen molar-refractivity contribution in [2.75, 3.05) is 17.2 Å². The number of amides is 3. The average molecular weight is 427 g/mol. The first-order chi connectivity index (χ1) is 14.7. The van der Waals surface area contributed by atoms with Gasteiger partial charge in [-0.1, -0.05) is 0 Å². The van der Waals surface area contributed by atoms with Crippen LogP contribution in [0, 0.1) is 5.41 Å². The maximum Gasteiger partial charge on any atom is 0.272 e. The van der Waals surface area contributed by atoms with E-state index in [-0.39, 0.29) is 36.3 Å². The summed E-state index contributed by atoms with van der Waals surface area (Å²) < 4.78 is 1.58. The Labute approximate surface area is 178 Å². The van der Waals surface area contributed by atoms with E-state index in [1.165, 1.54) is 18.3 Å². The van der Waals surface area contributed by atoms with Crippen molar-refractivity contribution in [3.63, 3.8) is 0 Å². The molecule has 0 aromatic carbocycles. The van der Waals surface area contributed by atoms with Crippen molar-refractivity contribution >= 4 is 40.8 Å². The van der Waals surface area contributed by atoms with Crippen LogP contribution in [0.15, 0.2) is 29.5 Å². The third-order valence-corrected chi connectivity index (χ3v) is 4.67. The molecule has 0 aliphatic carbocycles. The van der Waals surface area contributed by atoms with Gasteiger partial charge in [-0.15, -0.1) is 0 Å². The number of H-pyrrole nitrogens is 1. The number of carbonyl (C=O) groups is 3. The molecule has 0 unspecified atom stereocenters. The van der Waals surface area contributed by atoms with Crippen LogP contribution in [0.25, 0.3) is 0 Å². The summed E-state index contributed by atoms with van der Waals surface area (Å²) in [4.78, 5) is 43.8. The maximum atomic E-state index is 12.5. The first-order valence-corrected chi connectivity index (χ1v) is 9.63. The summed E-state index contributed by atoms with van der Waals surface area (Å²) >= 11 is 0. The molecule has 1 atom stereocenters. The lowest BCUT2D eigenvalue weighted by Gasteiger charge is -2.06. The topological polar surface area (TPSA) is 196 Å². The third-order valence-electron chi connectivity index (χ3n) is 4.67. The Morgan fingerprint density at radius 3 is 2.71 bits per heavy atom. The third kappa shape index (κ3) is 5.50. The van der Waals surface area contributed by atoms with E-state index in [1.54, 1.807) is 17.8 Å². The molecule has 2 aromatic heterocycles. The Balaban J connectivity index is 1.58. The average Bonchev–Trinajstić information content (AvgIpc) is 3.41. The summed E-state index contributed by atoms with van der Waals surface area (Å²) in [7, 11) is 1.68. The van der Waals surface area contributed by atoms with Gasteiger partial charge in [0.2, 0.25) is 5.91 Å². The molecule has 0 saturated carbocycles. The van der Waals surface area contributed by atoms with Gasteiger partial charge in [-0.2, -0.15) is 0 Å². The van der Waals surface area contributed by atoms with Crippen LogP contribution in [0.1, 0.15) is 40.2 Å². The molecule has 12 nitrogen and oxygen atoms in total. The van der Waals surface area contributed by atoms with Gasteiger partial charge in [0.1, 0.15) is 17.4 Å². The summed E-state index contributed by atoms with van der Waals surface area (Å²) in [5.74, 6) is -0.609. The molecule has 3 amide bonds. The predicted octanol–water partition coefficient (Wildman–Crippen LogP) is 0.119. The molecule has 0 fully saturated rings. The van der Waals surface area contributed by atoms with E-state index >= 15 is 0 Å². The van der Waals surface area contributed by atoms with Crippen LogP contribution < -0.4 is 27.4 Å². The summed E-state index contributed by atoms with van der Waals surface area (Å²) in [6.07, 6.45) is 4.52. The van der Waals surface area contributed by atoms with Gasteiger partial charge < -0.3 is 37.0 Å². The number of nitrogens with one attached hydrogen (secondary N) is 5. The van der Waals surface area contributed by atoms with Gasteiger partial charge >= 0.3 is 0 Å². The van der Waals surface area contributed by atoms with Crippen molar-refractivity contribution in [1.82, 2.24) is 14.9 Å². The zero-order valence-electron chi connectivity index (χ0n) is 17.0. The Hall–Kier alpha value is -4.09. The minimum atomic E-state index is -0.517. The summed E-state index contributed by atoms with van der Waals surface area (Å²) in [5.41, 5.74) is 12.3. The molecule has 1 aliphatic heterocycles. The molecule has 31 heavy (non-hydrogen) atoms. The fraction of sp³-hybridized carbons (Fsp3) is 0.316. The van der Waals surface area contributed by atoms with Crippen molar-refractivity contribution in [3.05, 3.63) is 35.9 Å². The van der Waals surface area contributed by atoms with Crippen LogP contribution in [0.3, 0.4) is 0 Å². The lowest BCUT2D eigenvalue weighted by molar-refractivity contribution is -0.117. The number of aliphatic imine (C=N–C) groups is 1. The molecule has 3 rings (SSSR count). The lowest BCUT2D eigenvalue weighted by Crippen LogP contribution is -2.28. The molecule has 2 aromatic rings. The SMILES string of the molecule is Cn1cc(NC(=O)c2cc(NC(=O)[C@@H]3CCC(N)=N3)c[nH]2)cc1C(=O)NCCC(=N)N. The lowest BCUT2D eigenvalue weighted by atomic mass is 10.2. The highest BCUT2D eigenvalue weighted by molar-refractivity contribution is 6.05. The van der Waals surface area contributed by atoms with Crippen molar-refractivity contribution in [2.45, 2.75) is 25.3 Å². The van der Waals surface area contributed by atoms with Crippen molar-refractivity contribution < 1.29 is 14.4 Å². The minimum Gasteiger partial charge on any atom is -0.388 e. The zero-order valence-corrected chi connectivity index (χ0v) is 17.0. The number of hydrogen-bond donors (Lipinski definition) is 7. The first kappa shape index (κ1) is 21.6. The Bertz CT molecular complexity index is 1050. The van der Waals surface area contributed by atoms with E-state index in [1.807, 2.05) is 0 Å². The maximum absolute atomic E-state index is 12.5. The number of aromatic nitrogens is 2. The second-order valence-corrected chi connectivity index (χ2v) is 7.18. The van der Waals surface area contributed by atoms with Gasteiger partial charge in [0, 0.05) is 38.8 Å². The normalized spacial score (nSPS) is 15.3. The summed E-state index contributed by atoms with van der Waals surface area (Å²) in [6.45, 7) is 0.247. The van der Waals surface area contributed by atoms with Crippen LogP contribution in [0.5, 0.6) is 0 Å². The van der Waals surface area contributed by atoms with E-state index in [9.17, 15) is 14.4 Å². The first-order valence-electron chi connectivity index (χ1n) is 9.63. The minimum absolute atomic E-state index is 0.0123. The van der Waals surface area contributed by atoms with Crippen molar-refractivity contribution in [1.29, 1.82) is 5.41 Å². The molecule has 164 valence electrons. The molecule has 9 N–H and O–H groups in total. The van der Waals surface area contributed by atoms with Crippen LogP contribution in [0.2, 0.25) is 0 Å². The second-order valence-electron chi connectivity index (χ2n) is 7.18. The number of nitrogens with two attached hydrogens (primary N) is 2. The van der Waals surface area contributed by atoms with Gasteiger partial charge in [0.25, 0.3) is 11.8 Å².